The van der Waals surface area contributed by atoms with Gasteiger partial charge in [0.15, 0.2) is 0 Å². The van der Waals surface area contributed by atoms with E-state index in [1.54, 1.807) is 0 Å². The monoisotopic (exact) mass is 300 g/mol. The van der Waals surface area contributed by atoms with Crippen LogP contribution in [0.4, 0.5) is 0 Å². The van der Waals surface area contributed by atoms with Crippen LogP contribution in [0.3, 0.4) is 0 Å². The SMILES string of the molecule is CC(=CCOc1ccccc1)c1ccc(-c2ccccc2)cc1. The van der Waals surface area contributed by atoms with E-state index in [1.165, 1.54) is 22.3 Å². The van der Waals surface area contributed by atoms with Crippen molar-refractivity contribution in [3.8, 4) is 16.9 Å². The van der Waals surface area contributed by atoms with Crippen LogP contribution in [0, 0.1) is 0 Å². The van der Waals surface area contributed by atoms with Crippen molar-refractivity contribution < 1.29 is 4.74 Å². The van der Waals surface area contributed by atoms with Crippen LogP contribution in [0.15, 0.2) is 91.0 Å². The van der Waals surface area contributed by atoms with Gasteiger partial charge in [-0.05, 0) is 47.4 Å². The second kappa shape index (κ2) is 7.46. The van der Waals surface area contributed by atoms with Gasteiger partial charge in [0.25, 0.3) is 0 Å². The molecule has 0 heterocycles. The topological polar surface area (TPSA) is 9.23 Å². The van der Waals surface area contributed by atoms with Gasteiger partial charge in [-0.1, -0.05) is 72.8 Å². The molecule has 3 aromatic rings. The molecule has 0 unspecified atom stereocenters. The molecule has 0 atom stereocenters. The van der Waals surface area contributed by atoms with Crippen molar-refractivity contribution in [2.24, 2.45) is 0 Å². The van der Waals surface area contributed by atoms with Gasteiger partial charge in [0.05, 0.1) is 0 Å². The number of para-hydroxylation sites is 1. The molecule has 0 aliphatic carbocycles. The van der Waals surface area contributed by atoms with Crippen molar-refractivity contribution >= 4 is 5.57 Å². The lowest BCUT2D eigenvalue weighted by Crippen LogP contribution is -1.94. The number of allylic oxidation sites excluding steroid dienone is 1. The molecular weight excluding hydrogens is 280 g/mol. The fraction of sp³-hybridized carbons (Fsp3) is 0.0909. The van der Waals surface area contributed by atoms with Crippen molar-refractivity contribution in [1.29, 1.82) is 0 Å². The van der Waals surface area contributed by atoms with Gasteiger partial charge in [0.1, 0.15) is 12.4 Å². The first kappa shape index (κ1) is 15.1. The first-order chi connectivity index (χ1) is 11.3. The van der Waals surface area contributed by atoms with Crippen molar-refractivity contribution in [1.82, 2.24) is 0 Å². The number of hydrogen-bond donors (Lipinski definition) is 0. The van der Waals surface area contributed by atoms with Gasteiger partial charge in [-0.3, -0.25) is 0 Å². The molecule has 0 spiro atoms. The molecule has 0 radical (unpaired) electrons. The van der Waals surface area contributed by atoms with Crippen LogP contribution in [-0.4, -0.2) is 6.61 Å². The summed E-state index contributed by atoms with van der Waals surface area (Å²) in [6, 6.07) is 29.0. The summed E-state index contributed by atoms with van der Waals surface area (Å²) in [6.45, 7) is 2.70. The lowest BCUT2D eigenvalue weighted by molar-refractivity contribution is 0.363. The lowest BCUT2D eigenvalue weighted by atomic mass is 10.0. The van der Waals surface area contributed by atoms with Crippen molar-refractivity contribution in [3.05, 3.63) is 96.6 Å². The molecule has 1 heteroatoms. The molecule has 0 aliphatic heterocycles. The second-order valence-corrected chi connectivity index (χ2v) is 5.45. The fourth-order valence-corrected chi connectivity index (χ4v) is 2.45. The van der Waals surface area contributed by atoms with E-state index < -0.39 is 0 Å². The third-order valence-electron chi connectivity index (χ3n) is 3.83. The first-order valence-electron chi connectivity index (χ1n) is 7.83. The largest absolute Gasteiger partial charge is 0.490 e. The minimum atomic E-state index is 0.580. The van der Waals surface area contributed by atoms with Crippen molar-refractivity contribution in [2.75, 3.05) is 6.61 Å². The van der Waals surface area contributed by atoms with E-state index in [0.29, 0.717) is 6.61 Å². The highest BCUT2D eigenvalue weighted by Gasteiger charge is 1.99. The highest BCUT2D eigenvalue weighted by molar-refractivity contribution is 5.69. The Morgan fingerprint density at radius 1 is 0.739 bits per heavy atom. The fourth-order valence-electron chi connectivity index (χ4n) is 2.45. The Labute approximate surface area is 137 Å². The van der Waals surface area contributed by atoms with Crippen LogP contribution in [0.2, 0.25) is 0 Å². The zero-order valence-corrected chi connectivity index (χ0v) is 13.3. The summed E-state index contributed by atoms with van der Waals surface area (Å²) < 4.78 is 5.71. The van der Waals surface area contributed by atoms with Gasteiger partial charge in [-0.2, -0.15) is 0 Å². The summed E-state index contributed by atoms with van der Waals surface area (Å²) in [5, 5.41) is 0. The Morgan fingerprint density at radius 2 is 1.30 bits per heavy atom. The predicted octanol–water partition coefficient (Wildman–Crippen LogP) is 5.84. The zero-order valence-electron chi connectivity index (χ0n) is 13.3. The number of benzene rings is 3. The molecule has 3 aromatic carbocycles. The van der Waals surface area contributed by atoms with Crippen molar-refractivity contribution in [3.63, 3.8) is 0 Å². The third kappa shape index (κ3) is 4.10. The highest BCUT2D eigenvalue weighted by atomic mass is 16.5. The highest BCUT2D eigenvalue weighted by Crippen LogP contribution is 2.22. The molecule has 0 fully saturated rings. The van der Waals surface area contributed by atoms with Gasteiger partial charge in [0.2, 0.25) is 0 Å². The number of rotatable bonds is 5. The second-order valence-electron chi connectivity index (χ2n) is 5.45. The molecule has 0 saturated heterocycles. The maximum Gasteiger partial charge on any atom is 0.119 e. The summed E-state index contributed by atoms with van der Waals surface area (Å²) in [5.74, 6) is 0.899. The minimum Gasteiger partial charge on any atom is -0.490 e. The molecule has 0 aliphatic rings. The average molecular weight is 300 g/mol. The summed E-state index contributed by atoms with van der Waals surface area (Å²) in [5.41, 5.74) is 4.93. The first-order valence-corrected chi connectivity index (χ1v) is 7.83. The van der Waals surface area contributed by atoms with E-state index in [0.717, 1.165) is 5.75 Å². The van der Waals surface area contributed by atoms with Crippen LogP contribution in [0.5, 0.6) is 5.75 Å². The van der Waals surface area contributed by atoms with E-state index in [9.17, 15) is 0 Å². The summed E-state index contributed by atoms with van der Waals surface area (Å²) in [4.78, 5) is 0. The van der Waals surface area contributed by atoms with Crippen LogP contribution in [0.25, 0.3) is 16.7 Å². The maximum absolute atomic E-state index is 5.71. The quantitative estimate of drug-likeness (QED) is 0.575. The van der Waals surface area contributed by atoms with Crippen LogP contribution in [0.1, 0.15) is 12.5 Å². The molecule has 114 valence electrons. The maximum atomic E-state index is 5.71. The predicted molar refractivity (Wildman–Crippen MR) is 97.5 cm³/mol. The van der Waals surface area contributed by atoms with E-state index in [1.807, 2.05) is 36.4 Å². The summed E-state index contributed by atoms with van der Waals surface area (Å²) in [7, 11) is 0. The molecule has 23 heavy (non-hydrogen) atoms. The molecule has 0 saturated carbocycles. The van der Waals surface area contributed by atoms with Crippen LogP contribution < -0.4 is 4.74 Å². The Hall–Kier alpha value is -2.80. The van der Waals surface area contributed by atoms with Gasteiger partial charge in [-0.25, -0.2) is 0 Å². The standard InChI is InChI=1S/C22H20O/c1-18(16-17-23-22-10-6-3-7-11-22)19-12-14-21(15-13-19)20-8-4-2-5-9-20/h2-16H,17H2,1H3. The lowest BCUT2D eigenvalue weighted by Gasteiger charge is -2.06. The summed E-state index contributed by atoms with van der Waals surface area (Å²) in [6.07, 6.45) is 2.12. The van der Waals surface area contributed by atoms with Crippen LogP contribution in [-0.2, 0) is 0 Å². The smallest absolute Gasteiger partial charge is 0.119 e. The van der Waals surface area contributed by atoms with E-state index in [2.05, 4.69) is 61.5 Å². The molecule has 0 amide bonds. The van der Waals surface area contributed by atoms with E-state index in [4.69, 9.17) is 4.74 Å². The van der Waals surface area contributed by atoms with Crippen molar-refractivity contribution in [2.45, 2.75) is 6.92 Å². The zero-order chi connectivity index (χ0) is 15.9. The Balaban J connectivity index is 1.65. The number of hydrogen-bond acceptors (Lipinski definition) is 1. The molecule has 0 aromatic heterocycles. The Kier molecular flexibility index (Phi) is 4.90. The Bertz CT molecular complexity index is 756. The summed E-state index contributed by atoms with van der Waals surface area (Å²) >= 11 is 0. The molecule has 1 nitrogen and oxygen atoms in total. The van der Waals surface area contributed by atoms with Gasteiger partial charge in [0, 0.05) is 0 Å². The molecule has 0 N–H and O–H groups in total. The van der Waals surface area contributed by atoms with Gasteiger partial charge >= 0.3 is 0 Å². The minimum absolute atomic E-state index is 0.580. The van der Waals surface area contributed by atoms with Gasteiger partial charge in [-0.15, -0.1) is 0 Å². The number of ether oxygens (including phenoxy) is 1. The normalized spacial score (nSPS) is 11.3. The molecule has 3 rings (SSSR count). The van der Waals surface area contributed by atoms with Crippen LogP contribution >= 0.6 is 0 Å². The van der Waals surface area contributed by atoms with E-state index >= 15 is 0 Å². The van der Waals surface area contributed by atoms with E-state index in [-0.39, 0.29) is 0 Å². The average Bonchev–Trinajstić information content (AvgIpc) is 2.63. The molecular formula is C22H20O. The molecule has 0 bridgehead atoms. The Morgan fingerprint density at radius 3 is 1.96 bits per heavy atom. The third-order valence-corrected chi connectivity index (χ3v) is 3.83. The van der Waals surface area contributed by atoms with Gasteiger partial charge < -0.3 is 4.74 Å².